The lowest BCUT2D eigenvalue weighted by Crippen LogP contribution is -2.01. The van der Waals surface area contributed by atoms with Crippen molar-refractivity contribution in [3.05, 3.63) is 40.9 Å². The minimum atomic E-state index is -0.391. The third-order valence-corrected chi connectivity index (χ3v) is 3.87. The van der Waals surface area contributed by atoms with Crippen molar-refractivity contribution in [2.24, 2.45) is 0 Å². The highest BCUT2D eigenvalue weighted by Crippen LogP contribution is 2.35. The fourth-order valence-electron chi connectivity index (χ4n) is 2.28. The summed E-state index contributed by atoms with van der Waals surface area (Å²) in [5.74, 6) is 0.518. The number of fused-ring (bicyclic) bond motifs is 2. The molecule has 110 valence electrons. The first-order valence-corrected chi connectivity index (χ1v) is 8.04. The first-order valence-electron chi connectivity index (χ1n) is 6.92. The van der Waals surface area contributed by atoms with E-state index in [2.05, 4.69) is 15.9 Å². The molecule has 0 amide bonds. The second kappa shape index (κ2) is 6.35. The second-order valence-corrected chi connectivity index (χ2v) is 5.61. The van der Waals surface area contributed by atoms with Crippen molar-refractivity contribution < 1.29 is 13.6 Å². The molecule has 2 heterocycles. The fraction of sp³-hybridized carbons (Fsp3) is 0.312. The molecule has 0 aliphatic carbocycles. The van der Waals surface area contributed by atoms with Crippen molar-refractivity contribution in [3.8, 4) is 5.75 Å². The standard InChI is InChI=1S/C16H15BrO4/c17-7-2-1-3-8-19-16-14-12(6-9-20-14)10-11-4-5-13(18)21-15(11)16/h4-6,9-10H,1-3,7-8H2. The SMILES string of the molecule is O=c1ccc2cc3ccoc3c(OCCCCCBr)c2o1. The van der Waals surface area contributed by atoms with Gasteiger partial charge < -0.3 is 13.6 Å². The Morgan fingerprint density at radius 3 is 2.76 bits per heavy atom. The van der Waals surface area contributed by atoms with Gasteiger partial charge in [-0.3, -0.25) is 0 Å². The summed E-state index contributed by atoms with van der Waals surface area (Å²) < 4.78 is 16.6. The minimum absolute atomic E-state index is 0.391. The first kappa shape index (κ1) is 14.2. The molecule has 0 spiro atoms. The Bertz CT molecular complexity index is 803. The van der Waals surface area contributed by atoms with Gasteiger partial charge in [-0.1, -0.05) is 15.9 Å². The molecular formula is C16H15BrO4. The zero-order valence-corrected chi connectivity index (χ0v) is 13.0. The van der Waals surface area contributed by atoms with Gasteiger partial charge in [-0.15, -0.1) is 0 Å². The van der Waals surface area contributed by atoms with Gasteiger partial charge in [-0.05, 0) is 37.5 Å². The van der Waals surface area contributed by atoms with Crippen LogP contribution in [0, 0.1) is 0 Å². The average Bonchev–Trinajstić information content (AvgIpc) is 2.94. The number of ether oxygens (including phenoxy) is 1. The molecule has 0 saturated heterocycles. The largest absolute Gasteiger partial charge is 0.486 e. The number of hydrogen-bond donors (Lipinski definition) is 0. The maximum Gasteiger partial charge on any atom is 0.336 e. The summed E-state index contributed by atoms with van der Waals surface area (Å²) in [5.41, 5.74) is 0.681. The zero-order chi connectivity index (χ0) is 14.7. The molecule has 0 saturated carbocycles. The lowest BCUT2D eigenvalue weighted by molar-refractivity contribution is 0.304. The summed E-state index contributed by atoms with van der Waals surface area (Å²) in [6, 6.07) is 6.95. The van der Waals surface area contributed by atoms with E-state index in [9.17, 15) is 4.79 Å². The van der Waals surface area contributed by atoms with Gasteiger partial charge in [0.1, 0.15) is 0 Å². The number of alkyl halides is 1. The van der Waals surface area contributed by atoms with E-state index >= 15 is 0 Å². The normalized spacial score (nSPS) is 11.3. The smallest absolute Gasteiger partial charge is 0.336 e. The highest BCUT2D eigenvalue weighted by molar-refractivity contribution is 9.09. The maximum absolute atomic E-state index is 11.5. The molecule has 2 aromatic heterocycles. The number of rotatable bonds is 6. The lowest BCUT2D eigenvalue weighted by atomic mass is 10.1. The number of hydrogen-bond acceptors (Lipinski definition) is 4. The van der Waals surface area contributed by atoms with Gasteiger partial charge in [-0.2, -0.15) is 0 Å². The summed E-state index contributed by atoms with van der Waals surface area (Å²) in [7, 11) is 0. The Morgan fingerprint density at radius 1 is 1.05 bits per heavy atom. The van der Waals surface area contributed by atoms with Crippen molar-refractivity contribution in [1.29, 1.82) is 0 Å². The zero-order valence-electron chi connectivity index (χ0n) is 11.4. The summed E-state index contributed by atoms with van der Waals surface area (Å²) in [4.78, 5) is 11.5. The minimum Gasteiger partial charge on any atom is -0.486 e. The molecule has 3 aromatic rings. The van der Waals surface area contributed by atoms with Crippen LogP contribution in [0.3, 0.4) is 0 Å². The van der Waals surface area contributed by atoms with E-state index in [1.54, 1.807) is 12.3 Å². The van der Waals surface area contributed by atoms with Crippen LogP contribution in [0.5, 0.6) is 5.75 Å². The molecule has 0 aliphatic heterocycles. The first-order chi connectivity index (χ1) is 10.3. The summed E-state index contributed by atoms with van der Waals surface area (Å²) in [6.45, 7) is 0.570. The Hall–Kier alpha value is -1.75. The Kier molecular flexibility index (Phi) is 4.29. The molecule has 4 nitrogen and oxygen atoms in total. The molecule has 0 bridgehead atoms. The molecule has 1 aromatic carbocycles. The van der Waals surface area contributed by atoms with Crippen LogP contribution in [0.4, 0.5) is 0 Å². The average molecular weight is 351 g/mol. The van der Waals surface area contributed by atoms with Crippen LogP contribution in [-0.2, 0) is 0 Å². The van der Waals surface area contributed by atoms with Crippen LogP contribution in [0.15, 0.2) is 44.2 Å². The predicted molar refractivity (Wildman–Crippen MR) is 85.4 cm³/mol. The van der Waals surface area contributed by atoms with Crippen molar-refractivity contribution in [2.75, 3.05) is 11.9 Å². The van der Waals surface area contributed by atoms with Crippen LogP contribution >= 0.6 is 15.9 Å². The quantitative estimate of drug-likeness (QED) is 0.373. The molecule has 21 heavy (non-hydrogen) atoms. The van der Waals surface area contributed by atoms with E-state index < -0.39 is 5.63 Å². The summed E-state index contributed by atoms with van der Waals surface area (Å²) in [5, 5.41) is 2.77. The summed E-state index contributed by atoms with van der Waals surface area (Å²) in [6.07, 6.45) is 4.76. The van der Waals surface area contributed by atoms with Gasteiger partial charge in [0, 0.05) is 22.2 Å². The van der Waals surface area contributed by atoms with Crippen LogP contribution in [0.1, 0.15) is 19.3 Å². The summed E-state index contributed by atoms with van der Waals surface area (Å²) >= 11 is 3.41. The van der Waals surface area contributed by atoms with Crippen molar-refractivity contribution >= 4 is 37.9 Å². The van der Waals surface area contributed by atoms with Crippen LogP contribution in [0.25, 0.3) is 21.9 Å². The Morgan fingerprint density at radius 2 is 1.90 bits per heavy atom. The van der Waals surface area contributed by atoms with E-state index in [4.69, 9.17) is 13.6 Å². The number of halogens is 1. The molecule has 3 rings (SSSR count). The van der Waals surface area contributed by atoms with Crippen LogP contribution < -0.4 is 10.4 Å². The van der Waals surface area contributed by atoms with Gasteiger partial charge in [0.25, 0.3) is 0 Å². The van der Waals surface area contributed by atoms with Gasteiger partial charge in [0.2, 0.25) is 5.75 Å². The third-order valence-electron chi connectivity index (χ3n) is 3.31. The molecule has 0 N–H and O–H groups in total. The maximum atomic E-state index is 11.5. The number of benzene rings is 1. The van der Waals surface area contributed by atoms with Crippen molar-refractivity contribution in [3.63, 3.8) is 0 Å². The second-order valence-electron chi connectivity index (χ2n) is 4.82. The van der Waals surface area contributed by atoms with E-state index in [1.807, 2.05) is 12.1 Å². The molecular weight excluding hydrogens is 336 g/mol. The molecule has 0 aliphatic rings. The highest BCUT2D eigenvalue weighted by Gasteiger charge is 2.14. The van der Waals surface area contributed by atoms with Gasteiger partial charge >= 0.3 is 5.63 Å². The van der Waals surface area contributed by atoms with Gasteiger partial charge in [-0.25, -0.2) is 4.79 Å². The fourth-order valence-corrected chi connectivity index (χ4v) is 2.68. The van der Waals surface area contributed by atoms with E-state index in [0.29, 0.717) is 23.5 Å². The monoisotopic (exact) mass is 350 g/mol. The Balaban J connectivity index is 1.97. The van der Waals surface area contributed by atoms with Crippen molar-refractivity contribution in [2.45, 2.75) is 19.3 Å². The van der Waals surface area contributed by atoms with Crippen LogP contribution in [0.2, 0.25) is 0 Å². The van der Waals surface area contributed by atoms with E-state index in [1.165, 1.54) is 6.07 Å². The van der Waals surface area contributed by atoms with E-state index in [0.717, 1.165) is 35.4 Å². The molecule has 0 atom stereocenters. The lowest BCUT2D eigenvalue weighted by Gasteiger charge is -2.08. The van der Waals surface area contributed by atoms with E-state index in [-0.39, 0.29) is 0 Å². The van der Waals surface area contributed by atoms with Gasteiger partial charge in [0.05, 0.1) is 12.9 Å². The predicted octanol–water partition coefficient (Wildman–Crippen LogP) is 4.48. The molecule has 0 unspecified atom stereocenters. The van der Waals surface area contributed by atoms with Gasteiger partial charge in [0.15, 0.2) is 11.2 Å². The molecule has 0 radical (unpaired) electrons. The molecule has 5 heteroatoms. The highest BCUT2D eigenvalue weighted by atomic mass is 79.9. The third kappa shape index (κ3) is 2.97. The van der Waals surface area contributed by atoms with Crippen molar-refractivity contribution in [1.82, 2.24) is 0 Å². The molecule has 0 fully saturated rings. The topological polar surface area (TPSA) is 52.6 Å². The number of unbranched alkanes of at least 4 members (excludes halogenated alkanes) is 2. The van der Waals surface area contributed by atoms with Crippen LogP contribution in [-0.4, -0.2) is 11.9 Å². The Labute approximate surface area is 129 Å². The number of furan rings is 1.